The molecule has 0 saturated carbocycles. The van der Waals surface area contributed by atoms with Crippen LogP contribution in [-0.2, 0) is 21.0 Å². The lowest BCUT2D eigenvalue weighted by Gasteiger charge is -2.28. The van der Waals surface area contributed by atoms with Gasteiger partial charge in [-0.2, -0.15) is 13.2 Å². The number of alkyl halides is 3. The van der Waals surface area contributed by atoms with Crippen LogP contribution in [-0.4, -0.2) is 31.8 Å². The molecule has 9 heteroatoms. The number of aliphatic carboxylic acids is 1. The molecule has 0 heterocycles. The third kappa shape index (κ3) is 4.10. The third-order valence-electron chi connectivity index (χ3n) is 2.76. The number of hydrogen-bond acceptors (Lipinski definition) is 3. The Balaban J connectivity index is 3.32. The first-order chi connectivity index (χ1) is 9.48. The summed E-state index contributed by atoms with van der Waals surface area (Å²) in [6.07, 6.45) is -3.77. The Kier molecular flexibility index (Phi) is 4.87. The number of halogens is 3. The molecule has 0 aliphatic carbocycles. The second-order valence-corrected chi connectivity index (χ2v) is 6.23. The zero-order valence-electron chi connectivity index (χ0n) is 11.3. The van der Waals surface area contributed by atoms with Gasteiger partial charge in [0.15, 0.2) is 0 Å². The highest BCUT2D eigenvalue weighted by Gasteiger charge is 2.33. The van der Waals surface area contributed by atoms with Crippen molar-refractivity contribution < 1.29 is 31.5 Å². The van der Waals surface area contributed by atoms with Crippen molar-refractivity contribution in [1.29, 1.82) is 0 Å². The minimum atomic E-state index is -4.55. The Labute approximate surface area is 120 Å². The first-order valence-corrected chi connectivity index (χ1v) is 7.72. The predicted molar refractivity (Wildman–Crippen MR) is 70.5 cm³/mol. The monoisotopic (exact) mass is 325 g/mol. The average molecular weight is 325 g/mol. The van der Waals surface area contributed by atoms with Gasteiger partial charge in [0.1, 0.15) is 6.04 Å². The van der Waals surface area contributed by atoms with E-state index in [1.807, 2.05) is 0 Å². The Morgan fingerprint density at radius 1 is 1.29 bits per heavy atom. The van der Waals surface area contributed by atoms with Crippen molar-refractivity contribution in [2.24, 2.45) is 0 Å². The molecular weight excluding hydrogens is 311 g/mol. The van der Waals surface area contributed by atoms with Gasteiger partial charge >= 0.3 is 12.1 Å². The van der Waals surface area contributed by atoms with Crippen molar-refractivity contribution in [3.8, 4) is 0 Å². The molecule has 0 radical (unpaired) electrons. The van der Waals surface area contributed by atoms with Gasteiger partial charge in [0.2, 0.25) is 10.0 Å². The normalized spacial score (nSPS) is 13.8. The summed E-state index contributed by atoms with van der Waals surface area (Å²) < 4.78 is 61.6. The van der Waals surface area contributed by atoms with Crippen molar-refractivity contribution in [3.05, 3.63) is 29.8 Å². The van der Waals surface area contributed by atoms with Gasteiger partial charge in [0.05, 0.1) is 17.5 Å². The van der Waals surface area contributed by atoms with Gasteiger partial charge in [0.25, 0.3) is 0 Å². The van der Waals surface area contributed by atoms with Gasteiger partial charge in [-0.1, -0.05) is 6.92 Å². The highest BCUT2D eigenvalue weighted by molar-refractivity contribution is 7.92. The largest absolute Gasteiger partial charge is 0.480 e. The molecular formula is C12H14F3NO4S. The number of carboxylic acids is 1. The maximum Gasteiger partial charge on any atom is 0.416 e. The maximum atomic E-state index is 12.5. The molecule has 1 rings (SSSR count). The van der Waals surface area contributed by atoms with Gasteiger partial charge < -0.3 is 5.11 Å². The number of nitrogens with zero attached hydrogens (tertiary/aromatic N) is 1. The number of carboxylic acid groups (broad SMARTS) is 1. The molecule has 5 nitrogen and oxygen atoms in total. The molecule has 0 aliphatic heterocycles. The molecule has 0 aromatic heterocycles. The van der Waals surface area contributed by atoms with E-state index in [-0.39, 0.29) is 12.1 Å². The van der Waals surface area contributed by atoms with Gasteiger partial charge in [-0.15, -0.1) is 0 Å². The van der Waals surface area contributed by atoms with E-state index in [9.17, 15) is 26.4 Å². The van der Waals surface area contributed by atoms with Crippen LogP contribution in [0.4, 0.5) is 18.9 Å². The number of carbonyl (C=O) groups is 1. The predicted octanol–water partition coefficient (Wildman–Crippen LogP) is 2.33. The number of anilines is 1. The van der Waals surface area contributed by atoms with Crippen LogP contribution in [0.15, 0.2) is 24.3 Å². The maximum absolute atomic E-state index is 12.5. The molecule has 0 fully saturated rings. The fraction of sp³-hybridized carbons (Fsp3) is 0.417. The summed E-state index contributed by atoms with van der Waals surface area (Å²) in [7, 11) is -3.95. The molecule has 0 bridgehead atoms. The number of rotatable bonds is 5. The molecule has 1 aromatic rings. The lowest BCUT2D eigenvalue weighted by molar-refractivity contribution is -0.139. The average Bonchev–Trinajstić information content (AvgIpc) is 2.32. The van der Waals surface area contributed by atoms with Crippen LogP contribution in [0.25, 0.3) is 0 Å². The molecule has 118 valence electrons. The van der Waals surface area contributed by atoms with Crippen molar-refractivity contribution in [2.75, 3.05) is 10.6 Å². The van der Waals surface area contributed by atoms with Crippen LogP contribution in [0.2, 0.25) is 0 Å². The zero-order chi connectivity index (χ0) is 16.4. The molecule has 1 atom stereocenters. The molecule has 21 heavy (non-hydrogen) atoms. The van der Waals surface area contributed by atoms with E-state index in [1.54, 1.807) is 0 Å². The number of sulfonamides is 1. The van der Waals surface area contributed by atoms with Crippen molar-refractivity contribution >= 4 is 21.7 Å². The molecule has 0 unspecified atom stereocenters. The highest BCUT2D eigenvalue weighted by Crippen LogP contribution is 2.31. The summed E-state index contributed by atoms with van der Waals surface area (Å²) in [5, 5.41) is 9.07. The second-order valence-electron chi connectivity index (χ2n) is 4.37. The van der Waals surface area contributed by atoms with Crippen LogP contribution in [0.3, 0.4) is 0 Å². The van der Waals surface area contributed by atoms with Crippen LogP contribution >= 0.6 is 0 Å². The first-order valence-electron chi connectivity index (χ1n) is 5.88. The van der Waals surface area contributed by atoms with E-state index < -0.39 is 33.8 Å². The van der Waals surface area contributed by atoms with E-state index in [2.05, 4.69) is 0 Å². The van der Waals surface area contributed by atoms with Crippen molar-refractivity contribution in [3.63, 3.8) is 0 Å². The Morgan fingerprint density at radius 3 is 2.05 bits per heavy atom. The van der Waals surface area contributed by atoms with Crippen LogP contribution < -0.4 is 4.31 Å². The van der Waals surface area contributed by atoms with Gasteiger partial charge in [-0.3, -0.25) is 4.31 Å². The number of benzene rings is 1. The van der Waals surface area contributed by atoms with E-state index in [4.69, 9.17) is 5.11 Å². The number of hydrogen-bond donors (Lipinski definition) is 1. The summed E-state index contributed by atoms with van der Waals surface area (Å²) in [6, 6.07) is 1.92. The van der Waals surface area contributed by atoms with Crippen LogP contribution in [0.1, 0.15) is 18.9 Å². The van der Waals surface area contributed by atoms with E-state index in [0.717, 1.165) is 18.4 Å². The fourth-order valence-corrected chi connectivity index (χ4v) is 3.05. The molecule has 0 amide bonds. The van der Waals surface area contributed by atoms with Gasteiger partial charge in [-0.05, 0) is 30.7 Å². The molecule has 0 aliphatic rings. The van der Waals surface area contributed by atoms with Crippen LogP contribution in [0, 0.1) is 0 Å². The molecule has 1 N–H and O–H groups in total. The fourth-order valence-electron chi connectivity index (χ4n) is 1.84. The van der Waals surface area contributed by atoms with E-state index in [0.29, 0.717) is 16.4 Å². The smallest absolute Gasteiger partial charge is 0.416 e. The molecule has 1 aromatic carbocycles. The Bertz CT molecular complexity index is 610. The third-order valence-corrected chi connectivity index (χ3v) is 3.94. The summed E-state index contributed by atoms with van der Waals surface area (Å²) in [5.41, 5.74) is -1.07. The van der Waals surface area contributed by atoms with Crippen LogP contribution in [0.5, 0.6) is 0 Å². The topological polar surface area (TPSA) is 74.7 Å². The highest BCUT2D eigenvalue weighted by atomic mass is 32.2. The summed E-state index contributed by atoms with van der Waals surface area (Å²) >= 11 is 0. The van der Waals surface area contributed by atoms with Crippen molar-refractivity contribution in [2.45, 2.75) is 25.6 Å². The zero-order valence-corrected chi connectivity index (χ0v) is 12.1. The molecule has 0 saturated heterocycles. The Hall–Kier alpha value is -1.77. The standard InChI is InChI=1S/C12H14F3NO4S/c1-3-10(11(17)18)16(21(2,19)20)9-6-4-8(5-7-9)12(13,14)15/h4-7,10H,3H2,1-2H3,(H,17,18)/t10-/m0/s1. The lowest BCUT2D eigenvalue weighted by Crippen LogP contribution is -2.44. The Morgan fingerprint density at radius 2 is 1.76 bits per heavy atom. The second kappa shape index (κ2) is 5.92. The summed E-state index contributed by atoms with van der Waals surface area (Å²) in [4.78, 5) is 11.1. The molecule has 0 spiro atoms. The minimum Gasteiger partial charge on any atom is -0.480 e. The summed E-state index contributed by atoms with van der Waals surface area (Å²) in [6.45, 7) is 1.47. The van der Waals surface area contributed by atoms with E-state index >= 15 is 0 Å². The quantitative estimate of drug-likeness (QED) is 0.901. The van der Waals surface area contributed by atoms with Gasteiger partial charge in [0, 0.05) is 0 Å². The minimum absolute atomic E-state index is 0.0244. The SMILES string of the molecule is CC[C@@H](C(=O)O)N(c1ccc(C(F)(F)F)cc1)S(C)(=O)=O. The lowest BCUT2D eigenvalue weighted by atomic mass is 10.1. The van der Waals surface area contributed by atoms with Gasteiger partial charge in [-0.25, -0.2) is 13.2 Å². The van der Waals surface area contributed by atoms with Crippen molar-refractivity contribution in [1.82, 2.24) is 0 Å². The van der Waals surface area contributed by atoms with E-state index in [1.165, 1.54) is 6.92 Å². The summed E-state index contributed by atoms with van der Waals surface area (Å²) in [5.74, 6) is -1.37. The first kappa shape index (κ1) is 17.3.